The van der Waals surface area contributed by atoms with Gasteiger partial charge in [0.25, 0.3) is 11.8 Å². The molecule has 3 aliphatic rings. The first-order valence-electron chi connectivity index (χ1n) is 17.2. The molecule has 1 aliphatic heterocycles. The van der Waals surface area contributed by atoms with E-state index >= 15 is 0 Å². The van der Waals surface area contributed by atoms with E-state index in [2.05, 4.69) is 31.2 Å². The normalized spacial score (nSPS) is 20.4. The summed E-state index contributed by atoms with van der Waals surface area (Å²) in [6, 6.07) is -3.68. The van der Waals surface area contributed by atoms with Gasteiger partial charge in [0.05, 0.1) is 12.2 Å². The highest BCUT2D eigenvalue weighted by Crippen LogP contribution is 2.34. The quantitative estimate of drug-likeness (QED) is 0.220. The zero-order valence-corrected chi connectivity index (χ0v) is 28.2. The third kappa shape index (κ3) is 9.80. The number of hydrogen-bond acceptors (Lipinski definition) is 8. The van der Waals surface area contributed by atoms with Crippen molar-refractivity contribution in [2.75, 3.05) is 13.1 Å². The van der Waals surface area contributed by atoms with E-state index in [0.717, 1.165) is 44.9 Å². The zero-order chi connectivity index (χ0) is 34.1. The fourth-order valence-electron chi connectivity index (χ4n) is 6.52. The first kappa shape index (κ1) is 35.9. The predicted molar refractivity (Wildman–Crippen MR) is 174 cm³/mol. The van der Waals surface area contributed by atoms with Crippen LogP contribution in [0.15, 0.2) is 18.6 Å². The van der Waals surface area contributed by atoms with Gasteiger partial charge in [-0.15, -0.1) is 0 Å². The van der Waals surface area contributed by atoms with Gasteiger partial charge in [-0.25, -0.2) is 4.98 Å². The minimum absolute atomic E-state index is 0.0943. The maximum atomic E-state index is 14.2. The summed E-state index contributed by atoms with van der Waals surface area (Å²) in [7, 11) is 0. The number of nitrogens with one attached hydrogen (secondary N) is 4. The van der Waals surface area contributed by atoms with Crippen molar-refractivity contribution in [1.82, 2.24) is 36.1 Å². The average Bonchev–Trinajstić information content (AvgIpc) is 3.74. The van der Waals surface area contributed by atoms with Crippen LogP contribution >= 0.6 is 0 Å². The van der Waals surface area contributed by atoms with Crippen molar-refractivity contribution in [3.05, 3.63) is 24.3 Å². The number of carbonyl (C=O) groups excluding carboxylic acids is 6. The van der Waals surface area contributed by atoms with E-state index in [1.807, 2.05) is 27.7 Å². The van der Waals surface area contributed by atoms with Gasteiger partial charge in [0.2, 0.25) is 23.5 Å². The van der Waals surface area contributed by atoms with Gasteiger partial charge < -0.3 is 26.2 Å². The van der Waals surface area contributed by atoms with Crippen molar-refractivity contribution in [3.63, 3.8) is 0 Å². The molecule has 4 rings (SSSR count). The first-order chi connectivity index (χ1) is 22.4. The van der Waals surface area contributed by atoms with E-state index in [1.54, 1.807) is 0 Å². The molecule has 258 valence electrons. The molecule has 4 atom stereocenters. The molecule has 1 saturated heterocycles. The van der Waals surface area contributed by atoms with Crippen molar-refractivity contribution in [3.8, 4) is 0 Å². The minimum atomic E-state index is -0.994. The lowest BCUT2D eigenvalue weighted by molar-refractivity contribution is -0.145. The van der Waals surface area contributed by atoms with Crippen LogP contribution in [-0.4, -0.2) is 87.4 Å². The monoisotopic (exact) mass is 653 g/mol. The lowest BCUT2D eigenvalue weighted by Crippen LogP contribution is -2.62. The van der Waals surface area contributed by atoms with Crippen LogP contribution in [0.3, 0.4) is 0 Å². The van der Waals surface area contributed by atoms with E-state index in [9.17, 15) is 28.8 Å². The van der Waals surface area contributed by atoms with E-state index in [1.165, 1.54) is 23.5 Å². The number of amides is 5. The fourth-order valence-corrected chi connectivity index (χ4v) is 6.52. The van der Waals surface area contributed by atoms with Crippen molar-refractivity contribution in [2.24, 2.45) is 17.3 Å². The van der Waals surface area contributed by atoms with E-state index in [4.69, 9.17) is 0 Å². The van der Waals surface area contributed by atoms with Gasteiger partial charge in [0.1, 0.15) is 23.8 Å². The largest absolute Gasteiger partial charge is 0.349 e. The summed E-state index contributed by atoms with van der Waals surface area (Å²) in [5, 5.41) is 11.2. The third-order valence-electron chi connectivity index (χ3n) is 9.38. The second-order valence-corrected chi connectivity index (χ2v) is 14.3. The molecule has 0 aromatic carbocycles. The molecule has 0 bridgehead atoms. The SMILES string of the molecule is CCCNC(=O)C(=O)C(CC1CC1)NC(=O)[C@@H]1CCCN1C(=O)[C@@H](NC(=O)[C@@H](NC(=O)c1cnccn1)C1CCCCC1)C(C)(C)C. The molecule has 13 heteroatoms. The van der Waals surface area contributed by atoms with E-state index in [-0.39, 0.29) is 17.5 Å². The van der Waals surface area contributed by atoms with Crippen LogP contribution < -0.4 is 21.3 Å². The van der Waals surface area contributed by atoms with Gasteiger partial charge in [-0.2, -0.15) is 0 Å². The summed E-state index contributed by atoms with van der Waals surface area (Å²) in [6.45, 7) is 8.09. The zero-order valence-electron chi connectivity index (χ0n) is 28.2. The third-order valence-corrected chi connectivity index (χ3v) is 9.38. The van der Waals surface area contributed by atoms with E-state index in [0.29, 0.717) is 38.8 Å². The molecule has 5 amide bonds. The lowest BCUT2D eigenvalue weighted by Gasteiger charge is -2.37. The summed E-state index contributed by atoms with van der Waals surface area (Å²) in [6.07, 6.45) is 12.6. The first-order valence-corrected chi connectivity index (χ1v) is 17.2. The van der Waals surface area contributed by atoms with Gasteiger partial charge in [0.15, 0.2) is 0 Å². The molecule has 3 fully saturated rings. The number of carbonyl (C=O) groups is 6. The average molecular weight is 654 g/mol. The Morgan fingerprint density at radius 3 is 2.26 bits per heavy atom. The molecule has 1 aromatic heterocycles. The highest BCUT2D eigenvalue weighted by atomic mass is 16.2. The van der Waals surface area contributed by atoms with Crippen molar-refractivity contribution in [1.29, 1.82) is 0 Å². The van der Waals surface area contributed by atoms with Gasteiger partial charge in [-0.1, -0.05) is 59.8 Å². The summed E-state index contributed by atoms with van der Waals surface area (Å²) in [5.41, 5.74) is -0.638. The lowest BCUT2D eigenvalue weighted by atomic mass is 9.82. The molecular weight excluding hydrogens is 602 g/mol. The molecule has 1 aromatic rings. The van der Waals surface area contributed by atoms with Crippen molar-refractivity contribution >= 4 is 35.3 Å². The van der Waals surface area contributed by atoms with Crippen LogP contribution in [0.1, 0.15) is 109 Å². The highest BCUT2D eigenvalue weighted by Gasteiger charge is 2.44. The Labute approximate surface area is 277 Å². The van der Waals surface area contributed by atoms with Gasteiger partial charge in [-0.05, 0) is 55.8 Å². The molecule has 47 heavy (non-hydrogen) atoms. The summed E-state index contributed by atoms with van der Waals surface area (Å²) >= 11 is 0. The number of nitrogens with zero attached hydrogens (tertiary/aromatic N) is 3. The summed E-state index contributed by atoms with van der Waals surface area (Å²) in [4.78, 5) is 89.9. The fraction of sp³-hybridized carbons (Fsp3) is 0.706. The molecule has 0 spiro atoms. The van der Waals surface area contributed by atoms with Crippen molar-refractivity contribution < 1.29 is 28.8 Å². The molecule has 0 radical (unpaired) electrons. The van der Waals surface area contributed by atoms with Crippen LogP contribution in [0.2, 0.25) is 0 Å². The number of hydrogen-bond donors (Lipinski definition) is 4. The summed E-state index contributed by atoms with van der Waals surface area (Å²) < 4.78 is 0. The number of rotatable bonds is 14. The standard InChI is InChI=1S/C34H51N7O6/c1-5-15-37-32(46)27(42)23(19-21-13-14-21)38-30(44)25-12-9-18-41(25)33(47)28(34(2,3)4)40-31(45)26(22-10-7-6-8-11-22)39-29(43)24-20-35-16-17-36-24/h16-17,20-23,25-26,28H,5-15,18-19H2,1-4H3,(H,37,46)(H,38,44)(H,39,43)(H,40,45)/t23?,25-,26-,28+/m0/s1. The van der Waals surface area contributed by atoms with Crippen LogP contribution in [0.25, 0.3) is 0 Å². The second kappa shape index (κ2) is 16.3. The molecule has 13 nitrogen and oxygen atoms in total. The van der Waals surface area contributed by atoms with Crippen LogP contribution in [0.5, 0.6) is 0 Å². The minimum Gasteiger partial charge on any atom is -0.349 e. The predicted octanol–water partition coefficient (Wildman–Crippen LogP) is 2.06. The summed E-state index contributed by atoms with van der Waals surface area (Å²) in [5.74, 6) is -3.09. The van der Waals surface area contributed by atoms with E-state index < -0.39 is 64.9 Å². The Morgan fingerprint density at radius 1 is 0.915 bits per heavy atom. The Morgan fingerprint density at radius 2 is 1.64 bits per heavy atom. The molecule has 2 saturated carbocycles. The highest BCUT2D eigenvalue weighted by molar-refractivity contribution is 6.38. The topological polar surface area (TPSA) is 180 Å². The molecular formula is C34H51N7O6. The Hall–Kier alpha value is -3.90. The second-order valence-electron chi connectivity index (χ2n) is 14.3. The van der Waals surface area contributed by atoms with Gasteiger partial charge >= 0.3 is 0 Å². The van der Waals surface area contributed by atoms with Crippen LogP contribution in [-0.2, 0) is 24.0 Å². The smallest absolute Gasteiger partial charge is 0.289 e. The molecule has 4 N–H and O–H groups in total. The maximum Gasteiger partial charge on any atom is 0.289 e. The van der Waals surface area contributed by atoms with Crippen LogP contribution in [0.4, 0.5) is 0 Å². The van der Waals surface area contributed by atoms with Gasteiger partial charge in [0, 0.05) is 25.5 Å². The van der Waals surface area contributed by atoms with Crippen LogP contribution in [0, 0.1) is 17.3 Å². The number of aromatic nitrogens is 2. The Balaban J connectivity index is 1.49. The molecule has 2 aliphatic carbocycles. The number of Topliss-reactive ketones (excluding diaryl/α,β-unsaturated/α-hetero) is 1. The maximum absolute atomic E-state index is 14.2. The van der Waals surface area contributed by atoms with Crippen molar-refractivity contribution in [2.45, 2.75) is 122 Å². The molecule has 1 unspecified atom stereocenters. The van der Waals surface area contributed by atoms with Gasteiger partial charge in [-0.3, -0.25) is 33.8 Å². The Kier molecular flexibility index (Phi) is 12.4. The number of likely N-dealkylation sites (tertiary alicyclic amines) is 1. The molecule has 2 heterocycles. The Bertz CT molecular complexity index is 1290. The number of ketones is 1.